The lowest BCUT2D eigenvalue weighted by Gasteiger charge is -2.38. The van der Waals surface area contributed by atoms with E-state index in [1.54, 1.807) is 0 Å². The average Bonchev–Trinajstić information content (AvgIpc) is 2.51. The van der Waals surface area contributed by atoms with Gasteiger partial charge in [0, 0.05) is 6.42 Å². The molecule has 0 radical (unpaired) electrons. The van der Waals surface area contributed by atoms with Crippen LogP contribution in [0.5, 0.6) is 0 Å². The van der Waals surface area contributed by atoms with Crippen molar-refractivity contribution in [3.05, 3.63) is 0 Å². The Morgan fingerprint density at radius 1 is 0.750 bits per heavy atom. The van der Waals surface area contributed by atoms with Gasteiger partial charge < -0.3 is 14.4 Å². The lowest BCUT2D eigenvalue weighted by molar-refractivity contribution is -0.909. The summed E-state index contributed by atoms with van der Waals surface area (Å²) in [7, 11) is 4.04. The van der Waals surface area contributed by atoms with E-state index in [4.69, 9.17) is 0 Å². The number of nitrogens with zero attached hydrogens (tertiary/aromatic N) is 1. The number of quaternary nitrogens is 1. The largest absolute Gasteiger partial charge is 0.544 e. The summed E-state index contributed by atoms with van der Waals surface area (Å²) in [4.78, 5) is 11.4. The molecule has 0 N–H and O–H groups in total. The lowest BCUT2D eigenvalue weighted by atomic mass is 10.0. The zero-order valence-corrected chi connectivity index (χ0v) is 16.9. The SMILES string of the molecule is CCCCCCCCCCCCCCC(C(=O)[O-])[N+](C)(C)CCC. The van der Waals surface area contributed by atoms with Gasteiger partial charge in [-0.3, -0.25) is 0 Å². The van der Waals surface area contributed by atoms with E-state index in [9.17, 15) is 9.90 Å². The highest BCUT2D eigenvalue weighted by Crippen LogP contribution is 2.17. The summed E-state index contributed by atoms with van der Waals surface area (Å²) >= 11 is 0. The molecule has 0 aromatic rings. The maximum absolute atomic E-state index is 11.4. The molecule has 0 aliphatic rings. The summed E-state index contributed by atoms with van der Waals surface area (Å²) < 4.78 is 0.552. The van der Waals surface area contributed by atoms with Crippen molar-refractivity contribution in [1.82, 2.24) is 0 Å². The van der Waals surface area contributed by atoms with Gasteiger partial charge in [-0.05, 0) is 12.8 Å². The number of carboxylic acid groups (broad SMARTS) is 1. The van der Waals surface area contributed by atoms with Crippen LogP contribution in [0.2, 0.25) is 0 Å². The summed E-state index contributed by atoms with van der Waals surface area (Å²) in [6.07, 6.45) is 17.5. The van der Waals surface area contributed by atoms with Crippen LogP contribution in [0.15, 0.2) is 0 Å². The highest BCUT2D eigenvalue weighted by atomic mass is 16.4. The number of carboxylic acids is 1. The highest BCUT2D eigenvalue weighted by Gasteiger charge is 2.27. The Labute approximate surface area is 151 Å². The minimum absolute atomic E-state index is 0.354. The van der Waals surface area contributed by atoms with Crippen LogP contribution in [-0.4, -0.2) is 37.1 Å². The van der Waals surface area contributed by atoms with Crippen LogP contribution in [0.25, 0.3) is 0 Å². The van der Waals surface area contributed by atoms with Crippen LogP contribution < -0.4 is 5.11 Å². The van der Waals surface area contributed by atoms with Gasteiger partial charge in [0.2, 0.25) is 0 Å². The molecule has 3 nitrogen and oxygen atoms in total. The van der Waals surface area contributed by atoms with Crippen LogP contribution >= 0.6 is 0 Å². The maximum atomic E-state index is 11.4. The van der Waals surface area contributed by atoms with E-state index in [0.29, 0.717) is 4.48 Å². The second-order valence-corrected chi connectivity index (χ2v) is 8.01. The van der Waals surface area contributed by atoms with Gasteiger partial charge in [-0.1, -0.05) is 84.5 Å². The van der Waals surface area contributed by atoms with Gasteiger partial charge in [0.05, 0.1) is 26.6 Å². The molecule has 0 aromatic carbocycles. The van der Waals surface area contributed by atoms with Crippen LogP contribution in [0, 0.1) is 0 Å². The van der Waals surface area contributed by atoms with E-state index in [1.807, 2.05) is 14.1 Å². The topological polar surface area (TPSA) is 40.1 Å². The predicted octanol–water partition coefficient (Wildman–Crippen LogP) is 4.68. The third-order valence-electron chi connectivity index (χ3n) is 5.25. The van der Waals surface area contributed by atoms with E-state index in [-0.39, 0.29) is 6.04 Å². The van der Waals surface area contributed by atoms with Crippen molar-refractivity contribution < 1.29 is 14.4 Å². The molecule has 0 rings (SSSR count). The first-order valence-electron chi connectivity index (χ1n) is 10.5. The molecule has 0 amide bonds. The standard InChI is InChI=1S/C21H43NO2/c1-5-7-8-9-10-11-12-13-14-15-16-17-18-20(21(23)24)22(3,4)19-6-2/h20H,5-19H2,1-4H3. The number of unbranched alkanes of at least 4 members (excludes halogenated alkanes) is 11. The summed E-state index contributed by atoms with van der Waals surface area (Å²) in [5.74, 6) is -0.878. The molecule has 24 heavy (non-hydrogen) atoms. The Morgan fingerprint density at radius 3 is 1.54 bits per heavy atom. The summed E-state index contributed by atoms with van der Waals surface area (Å²) in [6, 6.07) is -0.354. The average molecular weight is 342 g/mol. The van der Waals surface area contributed by atoms with Gasteiger partial charge in [0.15, 0.2) is 0 Å². The zero-order valence-electron chi connectivity index (χ0n) is 16.9. The van der Waals surface area contributed by atoms with Crippen molar-refractivity contribution in [1.29, 1.82) is 0 Å². The molecular weight excluding hydrogens is 298 g/mol. The monoisotopic (exact) mass is 341 g/mol. The van der Waals surface area contributed by atoms with Gasteiger partial charge in [-0.15, -0.1) is 0 Å². The van der Waals surface area contributed by atoms with Crippen molar-refractivity contribution in [2.45, 2.75) is 110 Å². The number of hydrogen-bond donors (Lipinski definition) is 0. The Hall–Kier alpha value is -0.570. The van der Waals surface area contributed by atoms with Crippen molar-refractivity contribution >= 4 is 5.97 Å². The molecule has 1 unspecified atom stereocenters. The fourth-order valence-corrected chi connectivity index (χ4v) is 3.66. The fraction of sp³-hybridized carbons (Fsp3) is 0.952. The number of aliphatic carboxylic acids is 1. The molecule has 0 aromatic heterocycles. The van der Waals surface area contributed by atoms with Crippen molar-refractivity contribution in [3.63, 3.8) is 0 Å². The highest BCUT2D eigenvalue weighted by molar-refractivity contribution is 5.69. The number of carbonyl (C=O) groups is 1. The third-order valence-corrected chi connectivity index (χ3v) is 5.25. The number of hydrogen-bond acceptors (Lipinski definition) is 2. The van der Waals surface area contributed by atoms with Gasteiger partial charge in [-0.25, -0.2) is 0 Å². The van der Waals surface area contributed by atoms with Crippen LogP contribution in [0.4, 0.5) is 0 Å². The molecule has 0 bridgehead atoms. The summed E-state index contributed by atoms with van der Waals surface area (Å²) in [5, 5.41) is 11.4. The first kappa shape index (κ1) is 23.4. The van der Waals surface area contributed by atoms with Gasteiger partial charge >= 0.3 is 0 Å². The normalized spacial score (nSPS) is 13.2. The molecule has 0 spiro atoms. The van der Waals surface area contributed by atoms with Crippen molar-refractivity contribution in [2.24, 2.45) is 0 Å². The lowest BCUT2D eigenvalue weighted by Crippen LogP contribution is -2.57. The minimum atomic E-state index is -0.878. The second kappa shape index (κ2) is 14.7. The zero-order chi connectivity index (χ0) is 18.3. The minimum Gasteiger partial charge on any atom is -0.544 e. The predicted molar refractivity (Wildman–Crippen MR) is 102 cm³/mol. The number of carbonyl (C=O) groups excluding carboxylic acids is 1. The Kier molecular flexibility index (Phi) is 14.4. The third kappa shape index (κ3) is 11.9. The molecule has 0 saturated heterocycles. The van der Waals surface area contributed by atoms with Gasteiger partial charge in [0.25, 0.3) is 0 Å². The molecular formula is C21H43NO2. The molecule has 3 heteroatoms. The smallest absolute Gasteiger partial charge is 0.129 e. The van der Waals surface area contributed by atoms with Gasteiger partial charge in [0.1, 0.15) is 6.04 Å². The molecule has 0 aliphatic heterocycles. The molecule has 144 valence electrons. The van der Waals surface area contributed by atoms with Crippen molar-refractivity contribution in [3.8, 4) is 0 Å². The molecule has 0 heterocycles. The van der Waals surface area contributed by atoms with Gasteiger partial charge in [-0.2, -0.15) is 0 Å². The quantitative estimate of drug-likeness (QED) is 0.284. The molecule has 0 fully saturated rings. The second-order valence-electron chi connectivity index (χ2n) is 8.01. The van der Waals surface area contributed by atoms with Crippen molar-refractivity contribution in [2.75, 3.05) is 20.6 Å². The van der Waals surface area contributed by atoms with Crippen LogP contribution in [0.1, 0.15) is 104 Å². The van der Waals surface area contributed by atoms with Crippen LogP contribution in [0.3, 0.4) is 0 Å². The fourth-order valence-electron chi connectivity index (χ4n) is 3.66. The van der Waals surface area contributed by atoms with Crippen LogP contribution in [-0.2, 0) is 4.79 Å². The van der Waals surface area contributed by atoms with E-state index in [1.165, 1.54) is 64.2 Å². The van der Waals surface area contributed by atoms with E-state index in [0.717, 1.165) is 32.2 Å². The summed E-state index contributed by atoms with van der Waals surface area (Å²) in [6.45, 7) is 5.27. The number of rotatable bonds is 17. The van der Waals surface area contributed by atoms with E-state index in [2.05, 4.69) is 13.8 Å². The molecule has 0 aliphatic carbocycles. The summed E-state index contributed by atoms with van der Waals surface area (Å²) in [5.41, 5.74) is 0. The number of likely N-dealkylation sites (N-methyl/N-ethyl adjacent to an activating group) is 1. The Balaban J connectivity index is 3.61. The first-order valence-corrected chi connectivity index (χ1v) is 10.5. The van der Waals surface area contributed by atoms with E-state index < -0.39 is 5.97 Å². The first-order chi connectivity index (χ1) is 11.5. The van der Waals surface area contributed by atoms with E-state index >= 15 is 0 Å². The Bertz CT molecular complexity index is 302. The molecule has 0 saturated carbocycles. The Morgan fingerprint density at radius 2 is 1.17 bits per heavy atom. The molecule has 1 atom stereocenters. The maximum Gasteiger partial charge on any atom is 0.129 e.